The van der Waals surface area contributed by atoms with Crippen molar-refractivity contribution >= 4 is 5.78 Å². The molecule has 1 nitrogen and oxygen atoms in total. The first kappa shape index (κ1) is 15.7. The van der Waals surface area contributed by atoms with Crippen LogP contribution in [-0.2, 0) is 4.79 Å². The van der Waals surface area contributed by atoms with Crippen molar-refractivity contribution in [2.24, 2.45) is 16.7 Å². The highest BCUT2D eigenvalue weighted by atomic mass is 16.1. The van der Waals surface area contributed by atoms with E-state index in [1.54, 1.807) is 0 Å². The van der Waals surface area contributed by atoms with Crippen molar-refractivity contribution in [2.45, 2.75) is 74.1 Å². The summed E-state index contributed by atoms with van der Waals surface area (Å²) in [5.41, 5.74) is 0.0585. The molecular formula is C15H30O. The molecule has 0 unspecified atom stereocenters. The second-order valence-corrected chi connectivity index (χ2v) is 7.22. The van der Waals surface area contributed by atoms with E-state index in [4.69, 9.17) is 0 Å². The summed E-state index contributed by atoms with van der Waals surface area (Å²) in [5, 5.41) is 0. The molecule has 0 aromatic heterocycles. The Kier molecular flexibility index (Phi) is 5.72. The average Bonchev–Trinajstić information content (AvgIpc) is 2.07. The number of hydrogen-bond donors (Lipinski definition) is 0. The average molecular weight is 226 g/mol. The number of rotatable bonds is 5. The smallest absolute Gasteiger partial charge is 0.141 e. The van der Waals surface area contributed by atoms with Gasteiger partial charge in [0, 0.05) is 11.3 Å². The maximum atomic E-state index is 12.3. The minimum atomic E-state index is -0.191. The van der Waals surface area contributed by atoms with Gasteiger partial charge in [-0.2, -0.15) is 0 Å². The second kappa shape index (κ2) is 5.84. The van der Waals surface area contributed by atoms with Crippen LogP contribution in [0.3, 0.4) is 0 Å². The predicted molar refractivity (Wildman–Crippen MR) is 71.5 cm³/mol. The van der Waals surface area contributed by atoms with E-state index >= 15 is 0 Å². The first-order chi connectivity index (χ1) is 7.08. The molecule has 0 N–H and O–H groups in total. The Morgan fingerprint density at radius 1 is 1.06 bits per heavy atom. The van der Waals surface area contributed by atoms with E-state index in [0.29, 0.717) is 5.78 Å². The third kappa shape index (κ3) is 6.30. The van der Waals surface area contributed by atoms with Gasteiger partial charge in [0.05, 0.1) is 0 Å². The van der Waals surface area contributed by atoms with Gasteiger partial charge < -0.3 is 0 Å². The van der Waals surface area contributed by atoms with E-state index in [-0.39, 0.29) is 16.7 Å². The minimum absolute atomic E-state index is 0.191. The van der Waals surface area contributed by atoms with Gasteiger partial charge in [0.2, 0.25) is 0 Å². The zero-order chi connectivity index (χ0) is 13.0. The zero-order valence-electron chi connectivity index (χ0n) is 12.3. The fourth-order valence-electron chi connectivity index (χ4n) is 2.13. The Hall–Kier alpha value is -0.330. The van der Waals surface area contributed by atoms with E-state index in [0.717, 1.165) is 12.8 Å². The molecule has 1 atom stereocenters. The normalized spacial score (nSPS) is 14.9. The quantitative estimate of drug-likeness (QED) is 0.655. The highest BCUT2D eigenvalue weighted by Crippen LogP contribution is 2.32. The summed E-state index contributed by atoms with van der Waals surface area (Å²) in [7, 11) is 0. The van der Waals surface area contributed by atoms with E-state index in [2.05, 4.69) is 27.7 Å². The predicted octanol–water partition coefficient (Wildman–Crippen LogP) is 4.84. The molecule has 0 rings (SSSR count). The molecule has 0 aliphatic rings. The van der Waals surface area contributed by atoms with Gasteiger partial charge in [-0.1, -0.05) is 61.3 Å². The van der Waals surface area contributed by atoms with Crippen LogP contribution in [0.25, 0.3) is 0 Å². The Morgan fingerprint density at radius 3 is 1.88 bits per heavy atom. The van der Waals surface area contributed by atoms with Crippen molar-refractivity contribution in [1.82, 2.24) is 0 Å². The monoisotopic (exact) mass is 226 g/mol. The first-order valence-corrected chi connectivity index (χ1v) is 6.62. The molecule has 96 valence electrons. The van der Waals surface area contributed by atoms with Gasteiger partial charge in [0.25, 0.3) is 0 Å². The van der Waals surface area contributed by atoms with Crippen LogP contribution in [0.15, 0.2) is 0 Å². The van der Waals surface area contributed by atoms with Crippen LogP contribution in [-0.4, -0.2) is 5.78 Å². The van der Waals surface area contributed by atoms with Crippen LogP contribution in [0.1, 0.15) is 74.1 Å². The summed E-state index contributed by atoms with van der Waals surface area (Å²) < 4.78 is 0. The fraction of sp³-hybridized carbons (Fsp3) is 0.933. The number of carbonyl (C=O) groups excluding carboxylic acids is 1. The standard InChI is InChI=1S/C15H30O/c1-8-9-10-12(11-14(2,3)4)13(16)15(5,6)7/h12H,8-11H2,1-7H3/t12-/m0/s1. The van der Waals surface area contributed by atoms with Crippen LogP contribution < -0.4 is 0 Å². The minimum Gasteiger partial charge on any atom is -0.299 e. The molecule has 16 heavy (non-hydrogen) atoms. The van der Waals surface area contributed by atoms with Gasteiger partial charge in [-0.3, -0.25) is 4.79 Å². The molecule has 0 heterocycles. The second-order valence-electron chi connectivity index (χ2n) is 7.22. The van der Waals surface area contributed by atoms with Crippen molar-refractivity contribution in [1.29, 1.82) is 0 Å². The number of unbranched alkanes of at least 4 members (excludes halogenated alkanes) is 1. The van der Waals surface area contributed by atoms with Crippen molar-refractivity contribution < 1.29 is 4.79 Å². The maximum Gasteiger partial charge on any atom is 0.141 e. The summed E-state index contributed by atoms with van der Waals surface area (Å²) in [6.07, 6.45) is 4.42. The third-order valence-corrected chi connectivity index (χ3v) is 2.87. The molecule has 0 aromatic rings. The Labute approximate surface area is 102 Å². The van der Waals surface area contributed by atoms with Crippen molar-refractivity contribution in [3.8, 4) is 0 Å². The summed E-state index contributed by atoms with van der Waals surface area (Å²) in [4.78, 5) is 12.3. The van der Waals surface area contributed by atoms with Crippen LogP contribution in [0.5, 0.6) is 0 Å². The van der Waals surface area contributed by atoms with E-state index in [1.807, 2.05) is 20.8 Å². The van der Waals surface area contributed by atoms with Crippen molar-refractivity contribution in [2.75, 3.05) is 0 Å². The molecule has 0 radical (unpaired) electrons. The van der Waals surface area contributed by atoms with E-state index in [1.165, 1.54) is 12.8 Å². The molecule has 0 fully saturated rings. The van der Waals surface area contributed by atoms with Crippen molar-refractivity contribution in [3.63, 3.8) is 0 Å². The highest BCUT2D eigenvalue weighted by molar-refractivity contribution is 5.85. The van der Waals surface area contributed by atoms with E-state index < -0.39 is 0 Å². The molecule has 0 saturated carbocycles. The number of carbonyl (C=O) groups is 1. The summed E-state index contributed by atoms with van der Waals surface area (Å²) in [6, 6.07) is 0. The van der Waals surface area contributed by atoms with Gasteiger partial charge in [0.1, 0.15) is 5.78 Å². The van der Waals surface area contributed by atoms with Crippen LogP contribution in [0, 0.1) is 16.7 Å². The molecule has 0 aliphatic carbocycles. The van der Waals surface area contributed by atoms with Crippen molar-refractivity contribution in [3.05, 3.63) is 0 Å². The summed E-state index contributed by atoms with van der Waals surface area (Å²) in [5.74, 6) is 0.691. The van der Waals surface area contributed by atoms with Gasteiger partial charge in [-0.25, -0.2) is 0 Å². The van der Waals surface area contributed by atoms with Gasteiger partial charge in [0.15, 0.2) is 0 Å². The third-order valence-electron chi connectivity index (χ3n) is 2.87. The topological polar surface area (TPSA) is 17.1 Å². The zero-order valence-corrected chi connectivity index (χ0v) is 12.3. The Morgan fingerprint density at radius 2 is 1.56 bits per heavy atom. The summed E-state index contributed by atoms with van der Waals surface area (Å²) in [6.45, 7) is 15.0. The lowest BCUT2D eigenvalue weighted by Gasteiger charge is -2.29. The summed E-state index contributed by atoms with van der Waals surface area (Å²) >= 11 is 0. The largest absolute Gasteiger partial charge is 0.299 e. The lowest BCUT2D eigenvalue weighted by Crippen LogP contribution is -2.31. The number of hydrogen-bond acceptors (Lipinski definition) is 1. The molecule has 0 aliphatic heterocycles. The molecule has 0 aromatic carbocycles. The lowest BCUT2D eigenvalue weighted by molar-refractivity contribution is -0.131. The molecule has 0 saturated heterocycles. The molecule has 1 heteroatoms. The molecular weight excluding hydrogens is 196 g/mol. The lowest BCUT2D eigenvalue weighted by atomic mass is 9.74. The van der Waals surface area contributed by atoms with Crippen LogP contribution in [0.4, 0.5) is 0 Å². The first-order valence-electron chi connectivity index (χ1n) is 6.62. The van der Waals surface area contributed by atoms with E-state index in [9.17, 15) is 4.79 Å². The molecule has 0 spiro atoms. The number of ketones is 1. The molecule has 0 bridgehead atoms. The van der Waals surface area contributed by atoms with Gasteiger partial charge >= 0.3 is 0 Å². The SMILES string of the molecule is CCCC[C@@H](CC(C)(C)C)C(=O)C(C)(C)C. The fourth-order valence-corrected chi connectivity index (χ4v) is 2.13. The molecule has 0 amide bonds. The highest BCUT2D eigenvalue weighted by Gasteiger charge is 2.31. The van der Waals surface area contributed by atoms with Gasteiger partial charge in [-0.05, 0) is 18.3 Å². The maximum absolute atomic E-state index is 12.3. The Bertz CT molecular complexity index is 215. The van der Waals surface area contributed by atoms with Gasteiger partial charge in [-0.15, -0.1) is 0 Å². The van der Waals surface area contributed by atoms with Crippen LogP contribution in [0.2, 0.25) is 0 Å². The van der Waals surface area contributed by atoms with Crippen LogP contribution >= 0.6 is 0 Å². The number of Topliss-reactive ketones (excluding diaryl/α,β-unsaturated/α-hetero) is 1. The Balaban J connectivity index is 4.61.